The van der Waals surface area contributed by atoms with Crippen molar-refractivity contribution in [2.24, 2.45) is 5.41 Å². The predicted molar refractivity (Wildman–Crippen MR) is 105 cm³/mol. The largest absolute Gasteiger partial charge is 0.476 e. The summed E-state index contributed by atoms with van der Waals surface area (Å²) < 4.78 is 33.4. The number of ether oxygens (including phenoxy) is 1. The summed E-state index contributed by atoms with van der Waals surface area (Å²) in [6.07, 6.45) is 7.45. The average Bonchev–Trinajstić information content (AvgIpc) is 3.14. The Balaban J connectivity index is 1.61. The summed E-state index contributed by atoms with van der Waals surface area (Å²) in [5.41, 5.74) is 0.457. The first-order valence-electron chi connectivity index (χ1n) is 9.70. The Morgan fingerprint density at radius 1 is 1.36 bits per heavy atom. The smallest absolute Gasteiger partial charge is 0.279 e. The van der Waals surface area contributed by atoms with Gasteiger partial charge in [-0.15, -0.1) is 0 Å². The molecule has 154 valence electrons. The molecule has 3 rings (SSSR count). The molecule has 1 aliphatic carbocycles. The fourth-order valence-corrected chi connectivity index (χ4v) is 4.74. The second-order valence-corrected chi connectivity index (χ2v) is 9.73. The summed E-state index contributed by atoms with van der Waals surface area (Å²) in [6.45, 7) is 3.61. The highest BCUT2D eigenvalue weighted by Gasteiger charge is 2.30. The van der Waals surface area contributed by atoms with E-state index in [0.717, 1.165) is 12.8 Å². The van der Waals surface area contributed by atoms with E-state index in [1.807, 2.05) is 0 Å². The molecule has 2 aliphatic rings. The van der Waals surface area contributed by atoms with Gasteiger partial charge in [0.15, 0.2) is 0 Å². The zero-order valence-corrected chi connectivity index (χ0v) is 17.3. The van der Waals surface area contributed by atoms with Crippen LogP contribution in [-0.2, 0) is 10.2 Å². The van der Waals surface area contributed by atoms with E-state index in [4.69, 9.17) is 4.74 Å². The van der Waals surface area contributed by atoms with Crippen LogP contribution >= 0.6 is 0 Å². The van der Waals surface area contributed by atoms with Gasteiger partial charge in [-0.05, 0) is 25.7 Å². The monoisotopic (exact) mass is 408 g/mol. The number of aromatic nitrogens is 2. The molecule has 2 heterocycles. The van der Waals surface area contributed by atoms with Crippen molar-refractivity contribution in [1.82, 2.24) is 19.0 Å². The number of hydrogen-bond acceptors (Lipinski definition) is 7. The summed E-state index contributed by atoms with van der Waals surface area (Å²) in [7, 11) is -1.97. The van der Waals surface area contributed by atoms with E-state index in [1.54, 1.807) is 0 Å². The highest BCUT2D eigenvalue weighted by molar-refractivity contribution is 7.87. The summed E-state index contributed by atoms with van der Waals surface area (Å²) >= 11 is 0. The Hall–Kier alpha value is -1.96. The SMILES string of the molecule is CNS(=O)(=O)N1CCC(Nc2ncc(C#N)c(OCC3(C)CCCC3)n2)CC1. The van der Waals surface area contributed by atoms with Crippen LogP contribution in [0.1, 0.15) is 51.0 Å². The molecule has 0 bridgehead atoms. The lowest BCUT2D eigenvalue weighted by atomic mass is 9.90. The van der Waals surface area contributed by atoms with Gasteiger partial charge < -0.3 is 10.1 Å². The molecule has 9 nitrogen and oxygen atoms in total. The Bertz CT molecular complexity index is 824. The van der Waals surface area contributed by atoms with E-state index >= 15 is 0 Å². The van der Waals surface area contributed by atoms with Crippen LogP contribution in [0.25, 0.3) is 0 Å². The summed E-state index contributed by atoms with van der Waals surface area (Å²) in [5.74, 6) is 0.712. The molecule has 1 aromatic heterocycles. The van der Waals surface area contributed by atoms with E-state index in [9.17, 15) is 13.7 Å². The first-order valence-corrected chi connectivity index (χ1v) is 11.1. The Morgan fingerprint density at radius 2 is 2.04 bits per heavy atom. The normalized spacial score (nSPS) is 20.6. The number of nitriles is 1. The minimum Gasteiger partial charge on any atom is -0.476 e. The topological polar surface area (TPSA) is 120 Å². The van der Waals surface area contributed by atoms with E-state index in [1.165, 1.54) is 30.4 Å². The molecule has 1 saturated carbocycles. The van der Waals surface area contributed by atoms with Crippen molar-refractivity contribution in [2.45, 2.75) is 51.5 Å². The molecular formula is C18H28N6O3S. The molecular weight excluding hydrogens is 380 g/mol. The molecule has 1 saturated heterocycles. The highest BCUT2D eigenvalue weighted by atomic mass is 32.2. The molecule has 0 atom stereocenters. The van der Waals surface area contributed by atoms with Crippen LogP contribution < -0.4 is 14.8 Å². The van der Waals surface area contributed by atoms with Crippen molar-refractivity contribution < 1.29 is 13.2 Å². The second-order valence-electron chi connectivity index (χ2n) is 7.86. The van der Waals surface area contributed by atoms with Crippen LogP contribution in [0, 0.1) is 16.7 Å². The third kappa shape index (κ3) is 4.90. The molecule has 2 N–H and O–H groups in total. The lowest BCUT2D eigenvalue weighted by Crippen LogP contribution is -2.46. The molecule has 0 spiro atoms. The summed E-state index contributed by atoms with van der Waals surface area (Å²) in [6, 6.07) is 2.15. The molecule has 10 heteroatoms. The maximum atomic E-state index is 11.9. The lowest BCUT2D eigenvalue weighted by molar-refractivity contribution is 0.162. The van der Waals surface area contributed by atoms with Gasteiger partial charge in [0.1, 0.15) is 11.6 Å². The van der Waals surface area contributed by atoms with Crippen molar-refractivity contribution in [3.8, 4) is 11.9 Å². The third-order valence-corrected chi connectivity index (χ3v) is 7.19. The second kappa shape index (κ2) is 8.59. The number of rotatable bonds is 7. The van der Waals surface area contributed by atoms with E-state index < -0.39 is 10.2 Å². The molecule has 1 aliphatic heterocycles. The summed E-state index contributed by atoms with van der Waals surface area (Å²) in [4.78, 5) is 8.62. The number of piperidine rings is 1. The Kier molecular flexibility index (Phi) is 6.37. The van der Waals surface area contributed by atoms with E-state index in [0.29, 0.717) is 49.9 Å². The van der Waals surface area contributed by atoms with Crippen LogP contribution in [-0.4, -0.2) is 55.5 Å². The molecule has 0 radical (unpaired) electrons. The zero-order chi connectivity index (χ0) is 20.2. The van der Waals surface area contributed by atoms with Crippen LogP contribution in [0.3, 0.4) is 0 Å². The minimum atomic E-state index is -3.39. The van der Waals surface area contributed by atoms with Crippen LogP contribution in [0.15, 0.2) is 6.20 Å². The van der Waals surface area contributed by atoms with Gasteiger partial charge >= 0.3 is 0 Å². The fourth-order valence-electron chi connectivity index (χ4n) is 3.79. The van der Waals surface area contributed by atoms with Crippen molar-refractivity contribution >= 4 is 16.2 Å². The minimum absolute atomic E-state index is 0.0661. The zero-order valence-electron chi connectivity index (χ0n) is 16.4. The molecule has 2 fully saturated rings. The van der Waals surface area contributed by atoms with Gasteiger partial charge in [0.2, 0.25) is 11.8 Å². The molecule has 0 amide bonds. The number of nitrogens with one attached hydrogen (secondary N) is 2. The van der Waals surface area contributed by atoms with E-state index in [-0.39, 0.29) is 11.5 Å². The number of nitrogens with zero attached hydrogens (tertiary/aromatic N) is 4. The third-order valence-electron chi connectivity index (χ3n) is 5.63. The molecule has 28 heavy (non-hydrogen) atoms. The molecule has 0 aromatic carbocycles. The van der Waals surface area contributed by atoms with Crippen LogP contribution in [0.4, 0.5) is 5.95 Å². The van der Waals surface area contributed by atoms with Crippen LogP contribution in [0.2, 0.25) is 0 Å². The Morgan fingerprint density at radius 3 is 2.64 bits per heavy atom. The highest BCUT2D eigenvalue weighted by Crippen LogP contribution is 2.38. The lowest BCUT2D eigenvalue weighted by Gasteiger charge is -2.31. The van der Waals surface area contributed by atoms with Crippen molar-refractivity contribution in [2.75, 3.05) is 32.1 Å². The van der Waals surface area contributed by atoms with Gasteiger partial charge in [-0.25, -0.2) is 9.71 Å². The van der Waals surface area contributed by atoms with Gasteiger partial charge in [0.25, 0.3) is 10.2 Å². The molecule has 0 unspecified atom stereocenters. The average molecular weight is 409 g/mol. The van der Waals surface area contributed by atoms with Gasteiger partial charge in [-0.2, -0.15) is 23.0 Å². The number of hydrogen-bond donors (Lipinski definition) is 2. The Labute approximate surface area is 166 Å². The van der Waals surface area contributed by atoms with Gasteiger partial charge in [0.05, 0.1) is 12.8 Å². The molecule has 1 aromatic rings. The van der Waals surface area contributed by atoms with Gasteiger partial charge in [0, 0.05) is 31.6 Å². The van der Waals surface area contributed by atoms with Crippen molar-refractivity contribution in [3.63, 3.8) is 0 Å². The van der Waals surface area contributed by atoms with Crippen molar-refractivity contribution in [3.05, 3.63) is 11.8 Å². The first-order chi connectivity index (χ1) is 13.3. The van der Waals surface area contributed by atoms with Gasteiger partial charge in [-0.1, -0.05) is 19.8 Å². The number of anilines is 1. The first kappa shape index (κ1) is 20.8. The maximum Gasteiger partial charge on any atom is 0.279 e. The van der Waals surface area contributed by atoms with Crippen LogP contribution in [0.5, 0.6) is 5.88 Å². The van der Waals surface area contributed by atoms with Crippen molar-refractivity contribution in [1.29, 1.82) is 5.26 Å². The quantitative estimate of drug-likeness (QED) is 0.704. The maximum absolute atomic E-state index is 11.9. The fraction of sp³-hybridized carbons (Fsp3) is 0.722. The summed E-state index contributed by atoms with van der Waals surface area (Å²) in [5, 5.41) is 12.6. The van der Waals surface area contributed by atoms with E-state index in [2.05, 4.69) is 33.0 Å². The van der Waals surface area contributed by atoms with Gasteiger partial charge in [-0.3, -0.25) is 0 Å². The predicted octanol–water partition coefficient (Wildman–Crippen LogP) is 1.65. The standard InChI is InChI=1S/C18H28N6O3S/c1-18(7-3-4-8-18)13-27-16-14(11-19)12-21-17(23-16)22-15-5-9-24(10-6-15)28(25,26)20-2/h12,15,20H,3-10,13H2,1-2H3,(H,21,22,23).